The van der Waals surface area contributed by atoms with Crippen LogP contribution in [0.3, 0.4) is 0 Å². The van der Waals surface area contributed by atoms with E-state index in [-0.39, 0.29) is 5.91 Å². The minimum Gasteiger partial charge on any atom is -0.366 e. The van der Waals surface area contributed by atoms with Gasteiger partial charge in [0.1, 0.15) is 0 Å². The number of rotatable bonds is 6. The summed E-state index contributed by atoms with van der Waals surface area (Å²) < 4.78 is 0. The number of nitrogens with zero attached hydrogens (tertiary/aromatic N) is 1. The molecule has 25 heavy (non-hydrogen) atoms. The van der Waals surface area contributed by atoms with Crippen molar-refractivity contribution in [2.24, 2.45) is 11.1 Å². The number of nitrogens with one attached hydrogen (secondary N) is 1. The van der Waals surface area contributed by atoms with Gasteiger partial charge in [-0.1, -0.05) is 32.9 Å². The number of carbonyl (C=O) groups is 1. The smallest absolute Gasteiger partial charge is 0.248 e. The molecule has 0 aromatic heterocycles. The zero-order valence-corrected chi connectivity index (χ0v) is 15.9. The zero-order chi connectivity index (χ0) is 18.0. The van der Waals surface area contributed by atoms with Crippen molar-refractivity contribution in [1.82, 2.24) is 10.2 Å². The van der Waals surface area contributed by atoms with Gasteiger partial charge in [-0.25, -0.2) is 0 Å². The Morgan fingerprint density at radius 1 is 1.24 bits per heavy atom. The quantitative estimate of drug-likeness (QED) is 0.780. The second-order valence-corrected chi connectivity index (χ2v) is 9.02. The van der Waals surface area contributed by atoms with E-state index >= 15 is 0 Å². The Balaban J connectivity index is 1.57. The standard InChI is InChI=1S/C21H33N3O/c1-21(2,3)14-23-9-10-24-18-7-8-19(24)13-17(12-18)15-5-4-6-16(11-15)20(22)25/h4-6,11,17-19,23H,7-10,12-14H2,1-3H3,(H2,22,25)/t17-,18+,19-. The van der Waals surface area contributed by atoms with Crippen LogP contribution in [-0.4, -0.2) is 42.5 Å². The molecule has 2 aliphatic heterocycles. The molecule has 0 unspecified atom stereocenters. The maximum atomic E-state index is 11.5. The fourth-order valence-electron chi connectivity index (χ4n) is 4.53. The van der Waals surface area contributed by atoms with E-state index in [0.717, 1.165) is 19.6 Å². The monoisotopic (exact) mass is 343 g/mol. The molecule has 0 spiro atoms. The number of amides is 1. The predicted octanol–water partition coefficient (Wildman–Crippen LogP) is 3.13. The first-order valence-corrected chi connectivity index (χ1v) is 9.70. The van der Waals surface area contributed by atoms with E-state index in [4.69, 9.17) is 5.73 Å². The number of nitrogens with two attached hydrogens (primary N) is 1. The van der Waals surface area contributed by atoms with E-state index < -0.39 is 0 Å². The number of fused-ring (bicyclic) bond motifs is 2. The Morgan fingerprint density at radius 2 is 1.92 bits per heavy atom. The van der Waals surface area contributed by atoms with Crippen LogP contribution in [0.2, 0.25) is 0 Å². The third-order valence-corrected chi connectivity index (χ3v) is 5.73. The second kappa shape index (κ2) is 7.46. The van der Waals surface area contributed by atoms with Crippen molar-refractivity contribution in [2.45, 2.75) is 64.5 Å². The summed E-state index contributed by atoms with van der Waals surface area (Å²) in [5, 5.41) is 3.61. The van der Waals surface area contributed by atoms with Gasteiger partial charge in [-0.2, -0.15) is 0 Å². The van der Waals surface area contributed by atoms with E-state index in [2.05, 4.69) is 37.1 Å². The number of benzene rings is 1. The summed E-state index contributed by atoms with van der Waals surface area (Å²) in [6.45, 7) is 10.1. The van der Waals surface area contributed by atoms with Crippen LogP contribution in [0.1, 0.15) is 68.3 Å². The summed E-state index contributed by atoms with van der Waals surface area (Å²) in [6.07, 6.45) is 5.04. The van der Waals surface area contributed by atoms with Crippen molar-refractivity contribution >= 4 is 5.91 Å². The number of piperidine rings is 1. The second-order valence-electron chi connectivity index (χ2n) is 9.02. The normalized spacial score (nSPS) is 26.8. The molecule has 2 bridgehead atoms. The van der Waals surface area contributed by atoms with Crippen LogP contribution in [0, 0.1) is 5.41 Å². The molecular weight excluding hydrogens is 310 g/mol. The Kier molecular flexibility index (Phi) is 5.49. The lowest BCUT2D eigenvalue weighted by atomic mass is 9.84. The maximum Gasteiger partial charge on any atom is 0.248 e. The molecule has 0 aliphatic carbocycles. The molecule has 4 nitrogen and oxygen atoms in total. The van der Waals surface area contributed by atoms with Gasteiger partial charge in [-0.05, 0) is 54.7 Å². The van der Waals surface area contributed by atoms with Crippen LogP contribution in [0.4, 0.5) is 0 Å². The molecule has 1 amide bonds. The van der Waals surface area contributed by atoms with Crippen LogP contribution < -0.4 is 11.1 Å². The Hall–Kier alpha value is -1.39. The molecule has 2 aliphatic rings. The van der Waals surface area contributed by atoms with Gasteiger partial charge >= 0.3 is 0 Å². The number of hydrogen-bond acceptors (Lipinski definition) is 3. The zero-order valence-electron chi connectivity index (χ0n) is 15.9. The lowest BCUT2D eigenvalue weighted by Gasteiger charge is -2.39. The Bertz CT molecular complexity index is 593. The molecule has 4 heteroatoms. The molecule has 1 aromatic carbocycles. The van der Waals surface area contributed by atoms with Gasteiger partial charge in [-0.3, -0.25) is 9.69 Å². The van der Waals surface area contributed by atoms with Crippen LogP contribution in [0.15, 0.2) is 24.3 Å². The molecule has 138 valence electrons. The number of carbonyl (C=O) groups excluding carboxylic acids is 1. The summed E-state index contributed by atoms with van der Waals surface area (Å²) in [7, 11) is 0. The van der Waals surface area contributed by atoms with Crippen LogP contribution in [0.5, 0.6) is 0 Å². The highest BCUT2D eigenvalue weighted by atomic mass is 16.1. The number of primary amides is 1. The van der Waals surface area contributed by atoms with Crippen molar-refractivity contribution in [1.29, 1.82) is 0 Å². The molecule has 2 fully saturated rings. The van der Waals surface area contributed by atoms with E-state index in [9.17, 15) is 4.79 Å². The minimum atomic E-state index is -0.327. The first-order chi connectivity index (χ1) is 11.8. The van der Waals surface area contributed by atoms with Crippen LogP contribution >= 0.6 is 0 Å². The SMILES string of the molecule is CC(C)(C)CNCCN1[C@@H]2CC[C@H]1C[C@@H](c1cccc(C(N)=O)c1)C2. The van der Waals surface area contributed by atoms with Crippen LogP contribution in [0.25, 0.3) is 0 Å². The lowest BCUT2D eigenvalue weighted by Crippen LogP contribution is -2.45. The Morgan fingerprint density at radius 3 is 2.52 bits per heavy atom. The molecule has 1 aromatic rings. The fourth-order valence-corrected chi connectivity index (χ4v) is 4.53. The molecule has 3 N–H and O–H groups in total. The van der Waals surface area contributed by atoms with Crippen molar-refractivity contribution in [3.8, 4) is 0 Å². The van der Waals surface area contributed by atoms with Gasteiger partial charge in [0.25, 0.3) is 0 Å². The van der Waals surface area contributed by atoms with Crippen molar-refractivity contribution in [2.75, 3.05) is 19.6 Å². The van der Waals surface area contributed by atoms with Gasteiger partial charge < -0.3 is 11.1 Å². The number of hydrogen-bond donors (Lipinski definition) is 2. The highest BCUT2D eigenvalue weighted by molar-refractivity contribution is 5.92. The van der Waals surface area contributed by atoms with Crippen molar-refractivity contribution < 1.29 is 4.79 Å². The average molecular weight is 344 g/mol. The molecule has 0 radical (unpaired) electrons. The average Bonchev–Trinajstić information content (AvgIpc) is 2.78. The largest absolute Gasteiger partial charge is 0.366 e. The fraction of sp³-hybridized carbons (Fsp3) is 0.667. The molecule has 2 saturated heterocycles. The van der Waals surface area contributed by atoms with Gasteiger partial charge in [-0.15, -0.1) is 0 Å². The molecule has 3 rings (SSSR count). The Labute approximate surface area is 152 Å². The van der Waals surface area contributed by atoms with Crippen molar-refractivity contribution in [3.63, 3.8) is 0 Å². The first kappa shape index (κ1) is 18.4. The van der Waals surface area contributed by atoms with Crippen LogP contribution in [-0.2, 0) is 0 Å². The van der Waals surface area contributed by atoms with E-state index in [1.54, 1.807) is 0 Å². The van der Waals surface area contributed by atoms with E-state index in [0.29, 0.717) is 29.0 Å². The summed E-state index contributed by atoms with van der Waals surface area (Å²) in [4.78, 5) is 14.2. The summed E-state index contributed by atoms with van der Waals surface area (Å²) in [5.74, 6) is 0.239. The van der Waals surface area contributed by atoms with Gasteiger partial charge in [0.15, 0.2) is 0 Å². The topological polar surface area (TPSA) is 58.4 Å². The molecular formula is C21H33N3O. The van der Waals surface area contributed by atoms with Gasteiger partial charge in [0.05, 0.1) is 0 Å². The summed E-state index contributed by atoms with van der Waals surface area (Å²) in [6, 6.07) is 9.34. The van der Waals surface area contributed by atoms with Crippen molar-refractivity contribution in [3.05, 3.63) is 35.4 Å². The third-order valence-electron chi connectivity index (χ3n) is 5.73. The minimum absolute atomic E-state index is 0.327. The predicted molar refractivity (Wildman–Crippen MR) is 103 cm³/mol. The summed E-state index contributed by atoms with van der Waals surface area (Å²) >= 11 is 0. The maximum absolute atomic E-state index is 11.5. The first-order valence-electron chi connectivity index (χ1n) is 9.70. The van der Waals surface area contributed by atoms with Gasteiger partial charge in [0, 0.05) is 37.3 Å². The molecule has 2 heterocycles. The van der Waals surface area contributed by atoms with Gasteiger partial charge in [0.2, 0.25) is 5.91 Å². The summed E-state index contributed by atoms with van der Waals surface area (Å²) in [5.41, 5.74) is 7.72. The molecule has 3 atom stereocenters. The third kappa shape index (κ3) is 4.62. The van der Waals surface area contributed by atoms with E-state index in [1.165, 1.54) is 31.2 Å². The van der Waals surface area contributed by atoms with E-state index in [1.807, 2.05) is 18.2 Å². The lowest BCUT2D eigenvalue weighted by molar-refractivity contribution is 0.1000. The highest BCUT2D eigenvalue weighted by Gasteiger charge is 2.40. The highest BCUT2D eigenvalue weighted by Crippen LogP contribution is 2.42. The molecule has 0 saturated carbocycles.